The number of nitrogens with zero attached hydrogens (tertiary/aromatic N) is 4. The number of ether oxygens (including phenoxy) is 1. The molecule has 33 heavy (non-hydrogen) atoms. The van der Waals surface area contributed by atoms with Crippen molar-refractivity contribution in [1.29, 1.82) is 0 Å². The van der Waals surface area contributed by atoms with E-state index in [1.807, 2.05) is 10.9 Å². The summed E-state index contributed by atoms with van der Waals surface area (Å²) in [4.78, 5) is 12.7. The molecule has 3 aromatic rings. The quantitative estimate of drug-likeness (QED) is 0.547. The Morgan fingerprint density at radius 3 is 2.45 bits per heavy atom. The number of aromatic nitrogens is 4. The van der Waals surface area contributed by atoms with Gasteiger partial charge in [0.2, 0.25) is 0 Å². The second-order valence-corrected chi connectivity index (χ2v) is 9.05. The normalized spacial score (nSPS) is 19.3. The molecule has 0 radical (unpaired) electrons. The molecule has 1 aromatic carbocycles. The van der Waals surface area contributed by atoms with Crippen LogP contribution in [-0.4, -0.2) is 32.6 Å². The van der Waals surface area contributed by atoms with Crippen LogP contribution in [0.25, 0.3) is 10.9 Å². The lowest BCUT2D eigenvalue weighted by Gasteiger charge is -2.30. The van der Waals surface area contributed by atoms with Gasteiger partial charge < -0.3 is 10.1 Å². The summed E-state index contributed by atoms with van der Waals surface area (Å²) in [5.41, 5.74) is -0.821. The van der Waals surface area contributed by atoms with Crippen LogP contribution in [0.3, 0.4) is 0 Å². The fourth-order valence-corrected chi connectivity index (χ4v) is 4.60. The zero-order chi connectivity index (χ0) is 23.9. The molecule has 10 heteroatoms. The Morgan fingerprint density at radius 1 is 1.15 bits per heavy atom. The van der Waals surface area contributed by atoms with E-state index >= 15 is 0 Å². The highest BCUT2D eigenvalue weighted by Gasteiger charge is 2.38. The molecule has 1 saturated carbocycles. The molecule has 1 N–H and O–H groups in total. The standard InChI is InChI=1S/C23H28F3N5O2/c1-13(2)14-5-7-16(8-6-14)31-11-15-9-19(20(33-4)10-18(15)28-31)27-22(32)21-17(23(24,25)26)12-30(3)29-21/h9-14,16H,5-8H2,1-4H3,(H,27,32). The molecule has 0 saturated heterocycles. The molecule has 4 rings (SSSR count). The van der Waals surface area contributed by atoms with Crippen LogP contribution in [0.5, 0.6) is 5.75 Å². The summed E-state index contributed by atoms with van der Waals surface area (Å²) in [7, 11) is 2.77. The van der Waals surface area contributed by atoms with Crippen molar-refractivity contribution in [3.05, 3.63) is 35.8 Å². The van der Waals surface area contributed by atoms with Gasteiger partial charge in [-0.2, -0.15) is 23.4 Å². The van der Waals surface area contributed by atoms with Crippen LogP contribution in [0.4, 0.5) is 18.9 Å². The summed E-state index contributed by atoms with van der Waals surface area (Å²) in [6, 6.07) is 3.66. The minimum absolute atomic E-state index is 0.261. The van der Waals surface area contributed by atoms with Gasteiger partial charge in [-0.25, -0.2) is 0 Å². The SMILES string of the molecule is COc1cc2nn(C3CCC(C(C)C)CC3)cc2cc1NC(=O)c1nn(C)cc1C(F)(F)F. The highest BCUT2D eigenvalue weighted by molar-refractivity contribution is 6.06. The van der Waals surface area contributed by atoms with Gasteiger partial charge in [0.25, 0.3) is 5.91 Å². The van der Waals surface area contributed by atoms with Crippen molar-refractivity contribution < 1.29 is 22.7 Å². The number of rotatable bonds is 5. The van der Waals surface area contributed by atoms with Crippen molar-refractivity contribution in [1.82, 2.24) is 19.6 Å². The van der Waals surface area contributed by atoms with Gasteiger partial charge in [-0.3, -0.25) is 14.2 Å². The van der Waals surface area contributed by atoms with Crippen molar-refractivity contribution in [2.24, 2.45) is 18.9 Å². The van der Waals surface area contributed by atoms with Crippen LogP contribution in [0.2, 0.25) is 0 Å². The van der Waals surface area contributed by atoms with E-state index in [1.165, 1.54) is 14.2 Å². The molecule has 7 nitrogen and oxygen atoms in total. The Labute approximate surface area is 189 Å². The number of alkyl halides is 3. The van der Waals surface area contributed by atoms with E-state index in [4.69, 9.17) is 9.84 Å². The minimum Gasteiger partial charge on any atom is -0.494 e. The summed E-state index contributed by atoms with van der Waals surface area (Å²) in [5.74, 6) is 0.769. The molecule has 2 heterocycles. The average Bonchev–Trinajstić information content (AvgIpc) is 3.36. The Balaban J connectivity index is 1.60. The molecule has 0 bridgehead atoms. The topological polar surface area (TPSA) is 74.0 Å². The highest BCUT2D eigenvalue weighted by Crippen LogP contribution is 2.37. The van der Waals surface area contributed by atoms with Crippen molar-refractivity contribution in [2.75, 3.05) is 12.4 Å². The summed E-state index contributed by atoms with van der Waals surface area (Å²) < 4.78 is 48.2. The van der Waals surface area contributed by atoms with E-state index in [-0.39, 0.29) is 5.69 Å². The van der Waals surface area contributed by atoms with E-state index < -0.39 is 23.3 Å². The van der Waals surface area contributed by atoms with E-state index in [1.54, 1.807) is 12.1 Å². The molecule has 1 fully saturated rings. The van der Waals surface area contributed by atoms with E-state index in [0.29, 0.717) is 23.2 Å². The fourth-order valence-electron chi connectivity index (χ4n) is 4.60. The third-order valence-corrected chi connectivity index (χ3v) is 6.50. The van der Waals surface area contributed by atoms with Gasteiger partial charge in [-0.1, -0.05) is 13.8 Å². The molecule has 1 aliphatic carbocycles. The fraction of sp³-hybridized carbons (Fsp3) is 0.522. The number of amides is 1. The van der Waals surface area contributed by atoms with Gasteiger partial charge in [0.1, 0.15) is 11.3 Å². The first-order valence-electron chi connectivity index (χ1n) is 11.1. The summed E-state index contributed by atoms with van der Waals surface area (Å²) in [6.45, 7) is 4.52. The zero-order valence-corrected chi connectivity index (χ0v) is 19.1. The molecule has 2 aromatic heterocycles. The van der Waals surface area contributed by atoms with Crippen LogP contribution in [0, 0.1) is 11.8 Å². The van der Waals surface area contributed by atoms with Crippen LogP contribution in [-0.2, 0) is 13.2 Å². The number of fused-ring (bicyclic) bond motifs is 1. The minimum atomic E-state index is -4.69. The second-order valence-electron chi connectivity index (χ2n) is 9.05. The number of aryl methyl sites for hydroxylation is 1. The number of halogens is 3. The smallest absolute Gasteiger partial charge is 0.420 e. The number of hydrogen-bond donors (Lipinski definition) is 1. The van der Waals surface area contributed by atoms with E-state index in [9.17, 15) is 18.0 Å². The Hall–Kier alpha value is -3.04. The number of carbonyl (C=O) groups is 1. The maximum absolute atomic E-state index is 13.3. The molecular weight excluding hydrogens is 435 g/mol. The van der Waals surface area contributed by atoms with E-state index in [0.717, 1.165) is 47.9 Å². The van der Waals surface area contributed by atoms with Crippen molar-refractivity contribution in [3.63, 3.8) is 0 Å². The maximum atomic E-state index is 13.3. The van der Waals surface area contributed by atoms with Crippen LogP contribution in [0.1, 0.15) is 61.6 Å². The number of carbonyl (C=O) groups excluding carboxylic acids is 1. The van der Waals surface area contributed by atoms with Gasteiger partial charge in [0, 0.05) is 30.9 Å². The number of anilines is 1. The first-order chi connectivity index (χ1) is 15.6. The molecule has 0 spiro atoms. The van der Waals surface area contributed by atoms with E-state index in [2.05, 4.69) is 24.3 Å². The third kappa shape index (κ3) is 4.69. The third-order valence-electron chi connectivity index (χ3n) is 6.50. The number of nitrogens with one attached hydrogen (secondary N) is 1. The predicted octanol–water partition coefficient (Wildman–Crippen LogP) is 5.44. The number of benzene rings is 1. The van der Waals surface area contributed by atoms with Gasteiger partial charge in [0.05, 0.1) is 24.4 Å². The largest absolute Gasteiger partial charge is 0.494 e. The maximum Gasteiger partial charge on any atom is 0.420 e. The van der Waals surface area contributed by atoms with Crippen LogP contribution >= 0.6 is 0 Å². The number of methoxy groups -OCH3 is 1. The van der Waals surface area contributed by atoms with Crippen molar-refractivity contribution in [3.8, 4) is 5.75 Å². The van der Waals surface area contributed by atoms with Gasteiger partial charge in [-0.15, -0.1) is 0 Å². The average molecular weight is 464 g/mol. The molecule has 0 unspecified atom stereocenters. The van der Waals surface area contributed by atoms with Gasteiger partial charge in [-0.05, 0) is 43.6 Å². The van der Waals surface area contributed by atoms with Gasteiger partial charge in [0.15, 0.2) is 5.69 Å². The first kappa shape index (κ1) is 23.1. The van der Waals surface area contributed by atoms with Crippen LogP contribution in [0.15, 0.2) is 24.5 Å². The predicted molar refractivity (Wildman–Crippen MR) is 118 cm³/mol. The first-order valence-corrected chi connectivity index (χ1v) is 11.1. The Bertz CT molecular complexity index is 1160. The zero-order valence-electron chi connectivity index (χ0n) is 19.1. The van der Waals surface area contributed by atoms with Crippen molar-refractivity contribution in [2.45, 2.75) is 51.7 Å². The Kier molecular flexibility index (Phi) is 6.11. The van der Waals surface area contributed by atoms with Crippen molar-refractivity contribution >= 4 is 22.5 Å². The lowest BCUT2D eigenvalue weighted by Crippen LogP contribution is -2.21. The Morgan fingerprint density at radius 2 is 1.85 bits per heavy atom. The molecule has 178 valence electrons. The lowest BCUT2D eigenvalue weighted by molar-refractivity contribution is -0.137. The molecule has 0 atom stereocenters. The monoisotopic (exact) mass is 463 g/mol. The lowest BCUT2D eigenvalue weighted by atomic mass is 9.80. The summed E-state index contributed by atoms with van der Waals surface area (Å²) in [5, 5.41) is 11.7. The summed E-state index contributed by atoms with van der Waals surface area (Å²) >= 11 is 0. The van der Waals surface area contributed by atoms with Gasteiger partial charge >= 0.3 is 6.18 Å². The second kappa shape index (κ2) is 8.72. The number of hydrogen-bond acceptors (Lipinski definition) is 4. The highest BCUT2D eigenvalue weighted by atomic mass is 19.4. The molecule has 1 amide bonds. The molecular formula is C23H28F3N5O2. The van der Waals surface area contributed by atoms with Crippen LogP contribution < -0.4 is 10.1 Å². The molecule has 0 aliphatic heterocycles. The molecule has 1 aliphatic rings. The summed E-state index contributed by atoms with van der Waals surface area (Å²) in [6.07, 6.45) is 2.45.